The predicted octanol–water partition coefficient (Wildman–Crippen LogP) is 4.79. The lowest BCUT2D eigenvalue weighted by atomic mass is 9.91. The van der Waals surface area contributed by atoms with E-state index in [2.05, 4.69) is 20.0 Å². The van der Waals surface area contributed by atoms with Crippen molar-refractivity contribution in [1.82, 2.24) is 0 Å². The molecule has 2 aliphatic carbocycles. The third-order valence-electron chi connectivity index (χ3n) is 5.12. The number of nitriles is 4. The fourth-order valence-electron chi connectivity index (χ4n) is 3.50. The molecule has 0 heterocycles. The van der Waals surface area contributed by atoms with Gasteiger partial charge < -0.3 is 0 Å². The highest BCUT2D eigenvalue weighted by Crippen LogP contribution is 2.22. The molecule has 8 nitrogen and oxygen atoms in total. The van der Waals surface area contributed by atoms with E-state index in [-0.39, 0.29) is 0 Å². The van der Waals surface area contributed by atoms with Gasteiger partial charge in [0.2, 0.25) is 24.8 Å². The van der Waals surface area contributed by atoms with Crippen molar-refractivity contribution < 1.29 is 0 Å². The van der Waals surface area contributed by atoms with Crippen molar-refractivity contribution in [1.29, 1.82) is 21.0 Å². The van der Waals surface area contributed by atoms with Crippen molar-refractivity contribution in [3.05, 3.63) is 46.6 Å². The molecule has 0 spiro atoms. The van der Waals surface area contributed by atoms with Crippen LogP contribution in [0, 0.1) is 45.8 Å². The van der Waals surface area contributed by atoms with Crippen molar-refractivity contribution in [3.8, 4) is 24.8 Å². The second-order valence-electron chi connectivity index (χ2n) is 7.30. The normalized spacial score (nSPS) is 20.6. The Hall–Kier alpha value is -4.40. The maximum atomic E-state index is 8.94. The first-order chi connectivity index (χ1) is 15.5. The topological polar surface area (TPSA) is 145 Å². The summed E-state index contributed by atoms with van der Waals surface area (Å²) in [6.45, 7) is 3.67. The molecule has 0 atom stereocenters. The zero-order valence-electron chi connectivity index (χ0n) is 18.1. The molecular weight excluding hydrogens is 400 g/mol. The number of rotatable bonds is 7. The van der Waals surface area contributed by atoms with E-state index in [1.165, 1.54) is 0 Å². The van der Waals surface area contributed by atoms with E-state index >= 15 is 0 Å². The van der Waals surface area contributed by atoms with Crippen LogP contribution in [-0.4, -0.2) is 22.8 Å². The van der Waals surface area contributed by atoms with Crippen LogP contribution in [0.3, 0.4) is 0 Å². The summed E-state index contributed by atoms with van der Waals surface area (Å²) in [5.74, 6) is 0. The molecule has 0 amide bonds. The van der Waals surface area contributed by atoms with Crippen molar-refractivity contribution in [2.45, 2.75) is 52.4 Å². The van der Waals surface area contributed by atoms with Gasteiger partial charge in [-0.1, -0.05) is 12.8 Å². The summed E-state index contributed by atoms with van der Waals surface area (Å²) < 4.78 is 0. The first-order valence-corrected chi connectivity index (χ1v) is 10.2. The molecule has 0 saturated heterocycles. The number of unbranched alkanes of at least 4 members (excludes halogenated alkanes) is 3. The lowest BCUT2D eigenvalue weighted by molar-refractivity contribution is 0.645. The molecule has 0 aromatic carbocycles. The molecule has 2 aliphatic rings. The van der Waals surface area contributed by atoms with Crippen molar-refractivity contribution in [2.75, 3.05) is 0 Å². The lowest BCUT2D eigenvalue weighted by Gasteiger charge is -2.15. The Labute approximate surface area is 188 Å². The summed E-state index contributed by atoms with van der Waals surface area (Å²) in [4.78, 5) is 15.4. The van der Waals surface area contributed by atoms with Crippen LogP contribution in [0.5, 0.6) is 0 Å². The molecular formula is C24H22N8. The van der Waals surface area contributed by atoms with Gasteiger partial charge in [0.1, 0.15) is 0 Å². The van der Waals surface area contributed by atoms with E-state index in [1.54, 1.807) is 12.2 Å². The van der Waals surface area contributed by atoms with Gasteiger partial charge in [0.05, 0.1) is 22.8 Å². The summed E-state index contributed by atoms with van der Waals surface area (Å²) in [5.41, 5.74) is 5.88. The Morgan fingerprint density at radius 3 is 1.22 bits per heavy atom. The standard InChI is InChI=1S/C24H22N8/c1-17-9-23(31-15-27)19(11-21(17)29-13-25)7-5-3-4-6-8-20-12-22(30-14-26)18(2)10-24(20)32-16-28/h9-12H,3-8H2,1-2H3. The van der Waals surface area contributed by atoms with E-state index in [0.29, 0.717) is 22.8 Å². The van der Waals surface area contributed by atoms with E-state index in [4.69, 9.17) is 21.0 Å². The summed E-state index contributed by atoms with van der Waals surface area (Å²) in [6, 6.07) is 0. The molecule has 0 aromatic heterocycles. The quantitative estimate of drug-likeness (QED) is 0.330. The highest BCUT2D eigenvalue weighted by Gasteiger charge is 2.16. The van der Waals surface area contributed by atoms with Crippen LogP contribution < -0.4 is 0 Å². The van der Waals surface area contributed by atoms with Crippen molar-refractivity contribution >= 4 is 22.8 Å². The van der Waals surface area contributed by atoms with Gasteiger partial charge in [0.25, 0.3) is 0 Å². The third kappa shape index (κ3) is 6.56. The van der Waals surface area contributed by atoms with E-state index in [9.17, 15) is 0 Å². The van der Waals surface area contributed by atoms with Crippen LogP contribution >= 0.6 is 0 Å². The fraction of sp³-hybridized carbons (Fsp3) is 0.333. The average molecular weight is 422 g/mol. The molecule has 158 valence electrons. The monoisotopic (exact) mass is 422 g/mol. The zero-order chi connectivity index (χ0) is 23.3. The summed E-state index contributed by atoms with van der Waals surface area (Å²) >= 11 is 0. The van der Waals surface area contributed by atoms with Crippen LogP contribution in [-0.2, 0) is 0 Å². The van der Waals surface area contributed by atoms with Gasteiger partial charge in [-0.25, -0.2) is 0 Å². The van der Waals surface area contributed by atoms with Gasteiger partial charge in [-0.2, -0.15) is 41.0 Å². The highest BCUT2D eigenvalue weighted by molar-refractivity contribution is 6.24. The van der Waals surface area contributed by atoms with Gasteiger partial charge in [-0.15, -0.1) is 0 Å². The van der Waals surface area contributed by atoms with Gasteiger partial charge in [0.15, 0.2) is 0 Å². The smallest absolute Gasteiger partial charge is 0.173 e. The minimum Gasteiger partial charge on any atom is -0.173 e. The number of aliphatic imine (C=N–C) groups is 4. The number of nitrogens with zero attached hydrogens (tertiary/aromatic N) is 8. The summed E-state index contributed by atoms with van der Waals surface area (Å²) in [6.07, 6.45) is 19.7. The largest absolute Gasteiger partial charge is 0.206 e. The average Bonchev–Trinajstić information content (AvgIpc) is 2.76. The minimum absolute atomic E-state index is 0.603. The first-order valence-electron chi connectivity index (χ1n) is 10.2. The van der Waals surface area contributed by atoms with Gasteiger partial charge in [-0.3, -0.25) is 0 Å². The Morgan fingerprint density at radius 2 is 0.875 bits per heavy atom. The molecule has 0 aromatic rings. The van der Waals surface area contributed by atoms with Gasteiger partial charge >= 0.3 is 0 Å². The van der Waals surface area contributed by atoms with Crippen LogP contribution in [0.1, 0.15) is 52.4 Å². The van der Waals surface area contributed by atoms with Crippen molar-refractivity contribution in [2.24, 2.45) is 20.0 Å². The molecule has 0 bridgehead atoms. The van der Waals surface area contributed by atoms with Crippen LogP contribution in [0.2, 0.25) is 0 Å². The van der Waals surface area contributed by atoms with Gasteiger partial charge in [0, 0.05) is 0 Å². The third-order valence-corrected chi connectivity index (χ3v) is 5.12. The molecule has 8 heteroatoms. The number of hydrogen-bond acceptors (Lipinski definition) is 8. The molecule has 0 unspecified atom stereocenters. The minimum atomic E-state index is 0.603. The molecule has 0 radical (unpaired) electrons. The maximum Gasteiger partial charge on any atom is 0.206 e. The predicted molar refractivity (Wildman–Crippen MR) is 124 cm³/mol. The fourth-order valence-corrected chi connectivity index (χ4v) is 3.50. The van der Waals surface area contributed by atoms with E-state index in [0.717, 1.165) is 60.8 Å². The summed E-state index contributed by atoms with van der Waals surface area (Å²) in [5, 5.41) is 35.6. The summed E-state index contributed by atoms with van der Waals surface area (Å²) in [7, 11) is 0. The first kappa shape index (κ1) is 23.9. The second-order valence-corrected chi connectivity index (χ2v) is 7.30. The van der Waals surface area contributed by atoms with E-state index < -0.39 is 0 Å². The van der Waals surface area contributed by atoms with Crippen LogP contribution in [0.25, 0.3) is 0 Å². The molecule has 2 rings (SSSR count). The Bertz CT molecular complexity index is 1080. The Kier molecular flexibility index (Phi) is 9.20. The molecule has 32 heavy (non-hydrogen) atoms. The SMILES string of the molecule is CC1=CC(=NC#N)C(CCCCCCC2=CC(=NC#N)C(C)=CC2=NC#N)=CC1=NC#N. The van der Waals surface area contributed by atoms with Crippen LogP contribution in [0.15, 0.2) is 66.6 Å². The second kappa shape index (κ2) is 12.3. The Balaban J connectivity index is 1.93. The zero-order valence-corrected chi connectivity index (χ0v) is 18.1. The van der Waals surface area contributed by atoms with Crippen LogP contribution in [0.4, 0.5) is 0 Å². The molecule has 0 fully saturated rings. The number of hydrogen-bond donors (Lipinski definition) is 0. The maximum absolute atomic E-state index is 8.94. The molecule has 0 saturated carbocycles. The highest BCUT2D eigenvalue weighted by atomic mass is 14.8. The number of allylic oxidation sites excluding steroid dienone is 8. The molecule has 0 N–H and O–H groups in total. The van der Waals surface area contributed by atoms with E-state index in [1.807, 2.05) is 50.8 Å². The van der Waals surface area contributed by atoms with Gasteiger partial charge in [-0.05, 0) is 86.1 Å². The molecule has 0 aliphatic heterocycles. The Morgan fingerprint density at radius 1 is 0.531 bits per heavy atom. The van der Waals surface area contributed by atoms with Crippen molar-refractivity contribution in [3.63, 3.8) is 0 Å². The lowest BCUT2D eigenvalue weighted by Crippen LogP contribution is -2.12.